The fourth-order valence-electron chi connectivity index (χ4n) is 1.82. The summed E-state index contributed by atoms with van der Waals surface area (Å²) in [5.74, 6) is 2.68. The summed E-state index contributed by atoms with van der Waals surface area (Å²) in [4.78, 5) is 0. The van der Waals surface area contributed by atoms with Crippen LogP contribution in [-0.2, 0) is 0 Å². The second-order valence-electron chi connectivity index (χ2n) is 4.91. The number of terminal acetylenes is 1. The molecule has 0 aliphatic heterocycles. The van der Waals surface area contributed by atoms with E-state index in [0.717, 1.165) is 25.7 Å². The number of nitrogens with one attached hydrogen (secondary N) is 1. The molecule has 2 nitrogen and oxygen atoms in total. The van der Waals surface area contributed by atoms with Gasteiger partial charge in [-0.05, 0) is 26.7 Å². The second kappa shape index (κ2) is 4.33. The fraction of sp³-hybridized carbons (Fsp3) is 0.833. The molecule has 1 rings (SSSR count). The van der Waals surface area contributed by atoms with Crippen molar-refractivity contribution in [2.75, 3.05) is 6.54 Å². The molecule has 1 saturated carbocycles. The van der Waals surface area contributed by atoms with Crippen LogP contribution in [0.5, 0.6) is 0 Å². The largest absolute Gasteiger partial charge is 0.389 e. The van der Waals surface area contributed by atoms with Crippen molar-refractivity contribution in [2.24, 2.45) is 0 Å². The van der Waals surface area contributed by atoms with Crippen LogP contribution in [-0.4, -0.2) is 22.8 Å². The van der Waals surface area contributed by atoms with Gasteiger partial charge in [0.1, 0.15) is 0 Å². The van der Waals surface area contributed by atoms with Gasteiger partial charge in [-0.15, -0.1) is 6.42 Å². The van der Waals surface area contributed by atoms with Crippen LogP contribution in [0.15, 0.2) is 0 Å². The summed E-state index contributed by atoms with van der Waals surface area (Å²) in [6, 6.07) is 0. The first kappa shape index (κ1) is 11.6. The first-order valence-electron chi connectivity index (χ1n) is 5.43. The molecule has 2 heteroatoms. The minimum Gasteiger partial charge on any atom is -0.389 e. The van der Waals surface area contributed by atoms with E-state index in [1.165, 1.54) is 6.42 Å². The first-order valence-corrected chi connectivity index (χ1v) is 5.43. The van der Waals surface area contributed by atoms with Gasteiger partial charge in [0.15, 0.2) is 0 Å². The molecule has 0 heterocycles. The smallest absolute Gasteiger partial charge is 0.0772 e. The molecular formula is C12H21NO. The van der Waals surface area contributed by atoms with Gasteiger partial charge in [-0.3, -0.25) is 5.32 Å². The van der Waals surface area contributed by atoms with Gasteiger partial charge in [-0.25, -0.2) is 0 Å². The third-order valence-electron chi connectivity index (χ3n) is 3.00. The summed E-state index contributed by atoms with van der Waals surface area (Å²) in [6.07, 6.45) is 10.7. The van der Waals surface area contributed by atoms with Crippen molar-refractivity contribution in [3.05, 3.63) is 0 Å². The van der Waals surface area contributed by atoms with Crippen molar-refractivity contribution in [3.8, 4) is 12.3 Å². The van der Waals surface area contributed by atoms with Gasteiger partial charge in [0, 0.05) is 6.54 Å². The Morgan fingerprint density at radius 3 is 2.43 bits per heavy atom. The molecule has 0 amide bonds. The Kier molecular flexibility index (Phi) is 3.58. The molecule has 0 radical (unpaired) electrons. The highest BCUT2D eigenvalue weighted by Gasteiger charge is 2.30. The molecule has 0 unspecified atom stereocenters. The van der Waals surface area contributed by atoms with E-state index in [1.54, 1.807) is 0 Å². The summed E-state index contributed by atoms with van der Waals surface area (Å²) >= 11 is 0. The number of aliphatic hydroxyl groups is 1. The van der Waals surface area contributed by atoms with E-state index in [1.807, 2.05) is 13.8 Å². The van der Waals surface area contributed by atoms with Gasteiger partial charge in [0.2, 0.25) is 0 Å². The predicted molar refractivity (Wildman–Crippen MR) is 58.9 cm³/mol. The van der Waals surface area contributed by atoms with Crippen LogP contribution >= 0.6 is 0 Å². The maximum absolute atomic E-state index is 10.2. The SMILES string of the molecule is C#CC(C)(C)NCC1(O)CCCCC1. The molecule has 0 saturated heterocycles. The fourth-order valence-corrected chi connectivity index (χ4v) is 1.82. The quantitative estimate of drug-likeness (QED) is 0.672. The molecule has 1 fully saturated rings. The molecule has 1 aliphatic carbocycles. The van der Waals surface area contributed by atoms with Crippen LogP contribution in [0.2, 0.25) is 0 Å². The molecule has 2 N–H and O–H groups in total. The summed E-state index contributed by atoms with van der Waals surface area (Å²) < 4.78 is 0. The number of hydrogen-bond donors (Lipinski definition) is 2. The maximum Gasteiger partial charge on any atom is 0.0772 e. The number of rotatable bonds is 3. The maximum atomic E-state index is 10.2. The Balaban J connectivity index is 2.40. The van der Waals surface area contributed by atoms with Crippen molar-refractivity contribution < 1.29 is 5.11 Å². The molecule has 0 atom stereocenters. The number of β-amino-alcohol motifs (C(OH)–C–C–N with tert-alkyl or cyclic N) is 1. The topological polar surface area (TPSA) is 32.3 Å². The summed E-state index contributed by atoms with van der Waals surface area (Å²) in [5, 5.41) is 13.4. The van der Waals surface area contributed by atoms with E-state index in [-0.39, 0.29) is 5.54 Å². The summed E-state index contributed by atoms with van der Waals surface area (Å²) in [5.41, 5.74) is -0.834. The average molecular weight is 195 g/mol. The van der Waals surface area contributed by atoms with Gasteiger partial charge in [-0.2, -0.15) is 0 Å². The zero-order valence-electron chi connectivity index (χ0n) is 9.27. The molecule has 0 aromatic heterocycles. The third-order valence-corrected chi connectivity index (χ3v) is 3.00. The van der Waals surface area contributed by atoms with Gasteiger partial charge in [-0.1, -0.05) is 25.2 Å². The van der Waals surface area contributed by atoms with E-state index < -0.39 is 5.60 Å². The van der Waals surface area contributed by atoms with Crippen molar-refractivity contribution in [3.63, 3.8) is 0 Å². The molecule has 80 valence electrons. The highest BCUT2D eigenvalue weighted by molar-refractivity contribution is 5.08. The van der Waals surface area contributed by atoms with Crippen LogP contribution in [0.4, 0.5) is 0 Å². The number of hydrogen-bond acceptors (Lipinski definition) is 2. The lowest BCUT2D eigenvalue weighted by molar-refractivity contribution is 0.00151. The summed E-state index contributed by atoms with van der Waals surface area (Å²) in [7, 11) is 0. The lowest BCUT2D eigenvalue weighted by Gasteiger charge is -2.34. The molecular weight excluding hydrogens is 174 g/mol. The van der Waals surface area contributed by atoms with Crippen LogP contribution < -0.4 is 5.32 Å². The average Bonchev–Trinajstić information content (AvgIpc) is 2.17. The molecule has 14 heavy (non-hydrogen) atoms. The van der Waals surface area contributed by atoms with Crippen LogP contribution in [0.25, 0.3) is 0 Å². The van der Waals surface area contributed by atoms with Gasteiger partial charge < -0.3 is 5.11 Å². The van der Waals surface area contributed by atoms with Gasteiger partial charge in [0.25, 0.3) is 0 Å². The van der Waals surface area contributed by atoms with E-state index in [9.17, 15) is 5.11 Å². The van der Waals surface area contributed by atoms with Crippen LogP contribution in [0, 0.1) is 12.3 Å². The highest BCUT2D eigenvalue weighted by Crippen LogP contribution is 2.27. The van der Waals surface area contributed by atoms with Gasteiger partial charge >= 0.3 is 0 Å². The lowest BCUT2D eigenvalue weighted by Crippen LogP contribution is -2.49. The van der Waals surface area contributed by atoms with E-state index in [0.29, 0.717) is 6.54 Å². The van der Waals surface area contributed by atoms with Gasteiger partial charge in [0.05, 0.1) is 11.1 Å². The molecule has 0 spiro atoms. The van der Waals surface area contributed by atoms with E-state index in [4.69, 9.17) is 6.42 Å². The van der Waals surface area contributed by atoms with Crippen molar-refractivity contribution in [2.45, 2.75) is 57.1 Å². The standard InChI is InChI=1S/C12H21NO/c1-4-11(2,3)13-10-12(14)8-6-5-7-9-12/h1,13-14H,5-10H2,2-3H3. The lowest BCUT2D eigenvalue weighted by atomic mass is 9.84. The highest BCUT2D eigenvalue weighted by atomic mass is 16.3. The Labute approximate surface area is 87.1 Å². The molecule has 1 aliphatic rings. The Morgan fingerprint density at radius 1 is 1.36 bits per heavy atom. The minimum absolute atomic E-state index is 0.312. The first-order chi connectivity index (χ1) is 6.47. The Bertz CT molecular complexity index is 221. The Hall–Kier alpha value is -0.520. The molecule has 0 bridgehead atoms. The molecule has 0 aromatic rings. The second-order valence-corrected chi connectivity index (χ2v) is 4.91. The van der Waals surface area contributed by atoms with Crippen LogP contribution in [0.3, 0.4) is 0 Å². The normalized spacial score (nSPS) is 21.6. The molecule has 0 aromatic carbocycles. The van der Waals surface area contributed by atoms with E-state index >= 15 is 0 Å². The zero-order chi connectivity index (χ0) is 10.7. The van der Waals surface area contributed by atoms with E-state index in [2.05, 4.69) is 11.2 Å². The summed E-state index contributed by atoms with van der Waals surface area (Å²) in [6.45, 7) is 4.53. The third kappa shape index (κ3) is 3.32. The van der Waals surface area contributed by atoms with Crippen molar-refractivity contribution >= 4 is 0 Å². The van der Waals surface area contributed by atoms with Crippen molar-refractivity contribution in [1.82, 2.24) is 5.32 Å². The minimum atomic E-state index is -0.521. The monoisotopic (exact) mass is 195 g/mol. The van der Waals surface area contributed by atoms with Crippen molar-refractivity contribution in [1.29, 1.82) is 0 Å². The predicted octanol–water partition coefficient (Wildman–Crippen LogP) is 1.68. The van der Waals surface area contributed by atoms with Crippen LogP contribution in [0.1, 0.15) is 46.0 Å². The Morgan fingerprint density at radius 2 is 1.93 bits per heavy atom. The zero-order valence-corrected chi connectivity index (χ0v) is 9.27.